The fourth-order valence-electron chi connectivity index (χ4n) is 2.29. The predicted octanol–water partition coefficient (Wildman–Crippen LogP) is 3.43. The first kappa shape index (κ1) is 19.5. The van der Waals surface area contributed by atoms with Crippen LogP contribution in [0.15, 0.2) is 53.9 Å². The Morgan fingerprint density at radius 1 is 1.11 bits per heavy atom. The molecular weight excluding hydrogens is 383 g/mol. The summed E-state index contributed by atoms with van der Waals surface area (Å²) in [4.78, 5) is 28.2. The van der Waals surface area contributed by atoms with Gasteiger partial charge in [-0.2, -0.15) is 0 Å². The normalized spacial score (nSPS) is 10.4. The molecule has 0 unspecified atom stereocenters. The highest BCUT2D eigenvalue weighted by Crippen LogP contribution is 2.25. The zero-order valence-corrected chi connectivity index (χ0v) is 15.8. The average molecular weight is 400 g/mol. The summed E-state index contributed by atoms with van der Waals surface area (Å²) < 4.78 is 23.0. The van der Waals surface area contributed by atoms with E-state index in [1.165, 1.54) is 23.5 Å². The largest absolute Gasteiger partial charge is 0.497 e. The Labute approximate surface area is 164 Å². The van der Waals surface area contributed by atoms with Crippen LogP contribution >= 0.6 is 11.3 Å². The van der Waals surface area contributed by atoms with Gasteiger partial charge in [0, 0.05) is 17.5 Å². The van der Waals surface area contributed by atoms with Gasteiger partial charge < -0.3 is 14.8 Å². The number of hydrogen-bond acceptors (Lipinski definition) is 6. The van der Waals surface area contributed by atoms with Crippen LogP contribution in [0.4, 0.5) is 4.39 Å². The van der Waals surface area contributed by atoms with Crippen molar-refractivity contribution in [2.24, 2.45) is 0 Å². The van der Waals surface area contributed by atoms with E-state index >= 15 is 0 Å². The van der Waals surface area contributed by atoms with Gasteiger partial charge in [0.15, 0.2) is 12.3 Å². The summed E-state index contributed by atoms with van der Waals surface area (Å²) in [6, 6.07) is 13.1. The number of carbonyl (C=O) groups is 2. The molecule has 1 aromatic heterocycles. The van der Waals surface area contributed by atoms with Gasteiger partial charge in [0.1, 0.15) is 16.6 Å². The Morgan fingerprint density at radius 2 is 1.82 bits per heavy atom. The molecule has 0 aliphatic heterocycles. The van der Waals surface area contributed by atoms with Crippen LogP contribution in [0, 0.1) is 5.82 Å². The molecule has 2 aromatic carbocycles. The van der Waals surface area contributed by atoms with Crippen LogP contribution in [0.25, 0.3) is 10.6 Å². The van der Waals surface area contributed by atoms with Crippen LogP contribution in [-0.2, 0) is 16.1 Å². The van der Waals surface area contributed by atoms with Crippen LogP contribution in [0.1, 0.15) is 16.1 Å². The maximum atomic E-state index is 12.8. The number of nitrogens with zero attached hydrogens (tertiary/aromatic N) is 1. The van der Waals surface area contributed by atoms with E-state index in [1.807, 2.05) is 12.1 Å². The Bertz CT molecular complexity index is 955. The molecule has 0 aliphatic carbocycles. The molecule has 0 atom stereocenters. The highest BCUT2D eigenvalue weighted by atomic mass is 32.1. The predicted molar refractivity (Wildman–Crippen MR) is 103 cm³/mol. The summed E-state index contributed by atoms with van der Waals surface area (Å²) in [5.41, 5.74) is 1.73. The van der Waals surface area contributed by atoms with E-state index in [0.29, 0.717) is 5.01 Å². The summed E-state index contributed by atoms with van der Waals surface area (Å²) in [5.74, 6) is -0.746. The second-order valence-corrected chi connectivity index (χ2v) is 6.60. The van der Waals surface area contributed by atoms with Crippen LogP contribution in [-0.4, -0.2) is 30.6 Å². The molecule has 28 heavy (non-hydrogen) atoms. The average Bonchev–Trinajstić information content (AvgIpc) is 3.22. The summed E-state index contributed by atoms with van der Waals surface area (Å²) in [6.07, 6.45) is 0. The van der Waals surface area contributed by atoms with Crippen LogP contribution in [0.5, 0.6) is 5.75 Å². The van der Waals surface area contributed by atoms with Gasteiger partial charge in [-0.25, -0.2) is 14.2 Å². The molecule has 1 amide bonds. The van der Waals surface area contributed by atoms with Crippen molar-refractivity contribution >= 4 is 23.2 Å². The van der Waals surface area contributed by atoms with Gasteiger partial charge in [-0.1, -0.05) is 12.1 Å². The number of ether oxygens (including phenoxy) is 2. The highest BCUT2D eigenvalue weighted by Gasteiger charge is 2.15. The molecule has 0 spiro atoms. The van der Waals surface area contributed by atoms with Crippen molar-refractivity contribution in [3.63, 3.8) is 0 Å². The van der Waals surface area contributed by atoms with E-state index in [4.69, 9.17) is 9.47 Å². The van der Waals surface area contributed by atoms with Crippen molar-refractivity contribution in [1.82, 2.24) is 10.3 Å². The molecule has 1 N–H and O–H groups in total. The number of benzene rings is 2. The monoisotopic (exact) mass is 400 g/mol. The lowest BCUT2D eigenvalue weighted by Gasteiger charge is -2.06. The third kappa shape index (κ3) is 5.14. The lowest BCUT2D eigenvalue weighted by Crippen LogP contribution is -2.28. The summed E-state index contributed by atoms with van der Waals surface area (Å²) in [5, 5.41) is 4.84. The van der Waals surface area contributed by atoms with E-state index in [-0.39, 0.29) is 18.1 Å². The highest BCUT2D eigenvalue weighted by molar-refractivity contribution is 7.13. The Morgan fingerprint density at radius 3 is 2.50 bits per heavy atom. The number of rotatable bonds is 7. The second kappa shape index (κ2) is 9.09. The van der Waals surface area contributed by atoms with E-state index < -0.39 is 18.5 Å². The van der Waals surface area contributed by atoms with E-state index in [2.05, 4.69) is 10.3 Å². The fraction of sp³-hybridized carbons (Fsp3) is 0.150. The maximum absolute atomic E-state index is 12.8. The molecule has 0 aliphatic rings. The van der Waals surface area contributed by atoms with E-state index in [0.717, 1.165) is 16.9 Å². The van der Waals surface area contributed by atoms with Crippen molar-refractivity contribution in [2.75, 3.05) is 13.7 Å². The molecule has 144 valence electrons. The lowest BCUT2D eigenvalue weighted by atomic mass is 10.2. The molecule has 3 aromatic rings. The minimum Gasteiger partial charge on any atom is -0.497 e. The molecular formula is C20H17FN2O4S. The lowest BCUT2D eigenvalue weighted by molar-refractivity contribution is -0.124. The van der Waals surface area contributed by atoms with Gasteiger partial charge in [-0.15, -0.1) is 11.3 Å². The van der Waals surface area contributed by atoms with Gasteiger partial charge in [-0.3, -0.25) is 4.79 Å². The number of halogens is 1. The van der Waals surface area contributed by atoms with Crippen LogP contribution in [0.3, 0.4) is 0 Å². The molecule has 0 bridgehead atoms. The van der Waals surface area contributed by atoms with Gasteiger partial charge >= 0.3 is 5.97 Å². The molecule has 0 saturated heterocycles. The van der Waals surface area contributed by atoms with Gasteiger partial charge in [0.05, 0.1) is 7.11 Å². The second-order valence-electron chi connectivity index (χ2n) is 5.75. The summed E-state index contributed by atoms with van der Waals surface area (Å²) in [7, 11) is 1.59. The topological polar surface area (TPSA) is 77.5 Å². The SMILES string of the molecule is COc1ccc(-c2nc(C(=O)OCC(=O)NCc3ccc(F)cc3)cs2)cc1. The Hall–Kier alpha value is -3.26. The Kier molecular flexibility index (Phi) is 6.33. The first-order valence-electron chi connectivity index (χ1n) is 8.33. The third-order valence-electron chi connectivity index (χ3n) is 3.79. The number of amides is 1. The number of thiazole rings is 1. The van der Waals surface area contributed by atoms with Crippen LogP contribution in [0.2, 0.25) is 0 Å². The molecule has 3 rings (SSSR count). The first-order valence-corrected chi connectivity index (χ1v) is 9.21. The molecule has 8 heteroatoms. The summed E-state index contributed by atoms with van der Waals surface area (Å²) in [6.45, 7) is -0.204. The summed E-state index contributed by atoms with van der Waals surface area (Å²) >= 11 is 1.30. The molecule has 6 nitrogen and oxygen atoms in total. The van der Waals surface area contributed by atoms with Crippen molar-refractivity contribution < 1.29 is 23.5 Å². The van der Waals surface area contributed by atoms with Gasteiger partial charge in [-0.05, 0) is 42.0 Å². The number of esters is 1. The van der Waals surface area contributed by atoms with Crippen LogP contribution < -0.4 is 10.1 Å². The van der Waals surface area contributed by atoms with Crippen molar-refractivity contribution in [2.45, 2.75) is 6.54 Å². The molecule has 0 saturated carbocycles. The minimum atomic E-state index is -0.673. The van der Waals surface area contributed by atoms with E-state index in [1.54, 1.807) is 36.8 Å². The zero-order chi connectivity index (χ0) is 19.9. The molecule has 1 heterocycles. The Balaban J connectivity index is 1.49. The number of carbonyl (C=O) groups excluding carboxylic acids is 2. The van der Waals surface area contributed by atoms with Gasteiger partial charge in [0.25, 0.3) is 5.91 Å². The third-order valence-corrected chi connectivity index (χ3v) is 4.68. The smallest absolute Gasteiger partial charge is 0.358 e. The number of methoxy groups -OCH3 is 1. The standard InChI is InChI=1S/C20H17FN2O4S/c1-26-16-8-4-14(5-9-16)19-23-17(12-28-19)20(25)27-11-18(24)22-10-13-2-6-15(21)7-3-13/h2-9,12H,10-11H2,1H3,(H,22,24). The molecule has 0 radical (unpaired) electrons. The fourth-order valence-corrected chi connectivity index (χ4v) is 3.09. The van der Waals surface area contributed by atoms with Crippen molar-refractivity contribution in [1.29, 1.82) is 0 Å². The van der Waals surface area contributed by atoms with Crippen molar-refractivity contribution in [3.8, 4) is 16.3 Å². The minimum absolute atomic E-state index is 0.141. The van der Waals surface area contributed by atoms with E-state index in [9.17, 15) is 14.0 Å². The number of hydrogen-bond donors (Lipinski definition) is 1. The number of aromatic nitrogens is 1. The maximum Gasteiger partial charge on any atom is 0.358 e. The van der Waals surface area contributed by atoms with Crippen molar-refractivity contribution in [3.05, 3.63) is 71.0 Å². The first-order chi connectivity index (χ1) is 13.5. The number of nitrogens with one attached hydrogen (secondary N) is 1. The zero-order valence-electron chi connectivity index (χ0n) is 15.0. The van der Waals surface area contributed by atoms with Gasteiger partial charge in [0.2, 0.25) is 0 Å². The quantitative estimate of drug-likeness (QED) is 0.615. The molecule has 0 fully saturated rings.